The Hall–Kier alpha value is -1.97. The maximum absolute atomic E-state index is 11.1. The second kappa shape index (κ2) is 6.69. The first-order valence-corrected chi connectivity index (χ1v) is 5.79. The molecule has 0 fully saturated rings. The predicted molar refractivity (Wildman–Crippen MR) is 72.3 cm³/mol. The average molecular weight is 249 g/mol. The van der Waals surface area contributed by atoms with Crippen LogP contribution in [0.3, 0.4) is 0 Å². The van der Waals surface area contributed by atoms with Gasteiger partial charge >= 0.3 is 0 Å². The van der Waals surface area contributed by atoms with Gasteiger partial charge in [-0.1, -0.05) is 6.92 Å². The molecule has 1 aromatic carbocycles. The summed E-state index contributed by atoms with van der Waals surface area (Å²) in [6.45, 7) is 2.07. The van der Waals surface area contributed by atoms with Gasteiger partial charge in [-0.05, 0) is 35.9 Å². The lowest BCUT2D eigenvalue weighted by molar-refractivity contribution is 0.111. The minimum Gasteiger partial charge on any atom is -0.496 e. The van der Waals surface area contributed by atoms with E-state index in [1.807, 2.05) is 25.4 Å². The molecule has 0 bridgehead atoms. The van der Waals surface area contributed by atoms with Crippen LogP contribution in [-0.4, -0.2) is 27.6 Å². The monoisotopic (exact) mass is 249 g/mol. The number of aldehydes is 1. The number of nitrogens with one attached hydrogen (secondary N) is 1. The van der Waals surface area contributed by atoms with Crippen LogP contribution in [0.1, 0.15) is 29.3 Å². The second-order valence-corrected chi connectivity index (χ2v) is 3.72. The number of carbonyl (C=O) groups is 1. The van der Waals surface area contributed by atoms with Crippen LogP contribution in [0.4, 0.5) is 0 Å². The second-order valence-electron chi connectivity index (χ2n) is 3.72. The zero-order valence-electron chi connectivity index (χ0n) is 11.2. The fraction of sp³-hybridized carbons (Fsp3) is 0.357. The van der Waals surface area contributed by atoms with Gasteiger partial charge in [0.05, 0.1) is 19.8 Å². The summed E-state index contributed by atoms with van der Waals surface area (Å²) >= 11 is 0. The van der Waals surface area contributed by atoms with E-state index in [0.29, 0.717) is 17.1 Å². The van der Waals surface area contributed by atoms with Crippen molar-refractivity contribution in [1.82, 2.24) is 5.32 Å². The Bertz CT molecular complexity index is 427. The van der Waals surface area contributed by atoms with Crippen molar-refractivity contribution in [3.05, 3.63) is 29.5 Å². The number of carbonyl (C=O) groups excluding carboxylic acids is 1. The molecule has 0 spiro atoms. The molecule has 0 aliphatic carbocycles. The van der Waals surface area contributed by atoms with Gasteiger partial charge in [-0.3, -0.25) is 4.79 Å². The molecule has 0 heterocycles. The molecule has 0 unspecified atom stereocenters. The van der Waals surface area contributed by atoms with Crippen molar-refractivity contribution in [3.63, 3.8) is 0 Å². The summed E-state index contributed by atoms with van der Waals surface area (Å²) in [5, 5.41) is 3.01. The minimum atomic E-state index is 0.434. The van der Waals surface area contributed by atoms with Gasteiger partial charge in [0.15, 0.2) is 6.29 Å². The molecule has 1 aromatic rings. The van der Waals surface area contributed by atoms with Crippen molar-refractivity contribution < 1.29 is 14.3 Å². The first-order chi connectivity index (χ1) is 8.71. The first-order valence-electron chi connectivity index (χ1n) is 5.79. The van der Waals surface area contributed by atoms with E-state index in [2.05, 4.69) is 12.2 Å². The Kier molecular flexibility index (Phi) is 5.24. The van der Waals surface area contributed by atoms with Crippen molar-refractivity contribution >= 4 is 11.9 Å². The van der Waals surface area contributed by atoms with Crippen LogP contribution in [0.15, 0.2) is 18.3 Å². The summed E-state index contributed by atoms with van der Waals surface area (Å²) in [4.78, 5) is 11.1. The molecule has 0 aliphatic heterocycles. The fourth-order valence-corrected chi connectivity index (χ4v) is 1.80. The Morgan fingerprint density at radius 1 is 1.28 bits per heavy atom. The molecular weight excluding hydrogens is 230 g/mol. The lowest BCUT2D eigenvalue weighted by Gasteiger charge is -2.13. The molecule has 18 heavy (non-hydrogen) atoms. The molecule has 98 valence electrons. The lowest BCUT2D eigenvalue weighted by Crippen LogP contribution is -2.00. The quantitative estimate of drug-likeness (QED) is 0.787. The van der Waals surface area contributed by atoms with Gasteiger partial charge < -0.3 is 14.8 Å². The molecule has 0 atom stereocenters. The number of hydrogen-bond donors (Lipinski definition) is 1. The average Bonchev–Trinajstić information content (AvgIpc) is 2.42. The summed E-state index contributed by atoms with van der Waals surface area (Å²) in [7, 11) is 4.93. The minimum absolute atomic E-state index is 0.434. The number of hydrogen-bond acceptors (Lipinski definition) is 4. The van der Waals surface area contributed by atoms with E-state index < -0.39 is 0 Å². The van der Waals surface area contributed by atoms with E-state index in [0.717, 1.165) is 23.8 Å². The highest BCUT2D eigenvalue weighted by atomic mass is 16.5. The highest BCUT2D eigenvalue weighted by Gasteiger charge is 2.13. The standard InChI is InChI=1S/C14H19NO3/c1-5-10(8-15-2)11-6-13(17-3)12(9-16)14(7-11)18-4/h6-9,15H,5H2,1-4H3/b10-8+. The largest absolute Gasteiger partial charge is 0.496 e. The van der Waals surface area contributed by atoms with Crippen LogP contribution in [0.25, 0.3) is 5.57 Å². The lowest BCUT2D eigenvalue weighted by atomic mass is 10.0. The van der Waals surface area contributed by atoms with Crippen molar-refractivity contribution in [3.8, 4) is 11.5 Å². The topological polar surface area (TPSA) is 47.6 Å². The van der Waals surface area contributed by atoms with E-state index in [-0.39, 0.29) is 0 Å². The van der Waals surface area contributed by atoms with Crippen LogP contribution in [0, 0.1) is 0 Å². The van der Waals surface area contributed by atoms with Crippen molar-refractivity contribution in [2.75, 3.05) is 21.3 Å². The van der Waals surface area contributed by atoms with Gasteiger partial charge in [0.25, 0.3) is 0 Å². The van der Waals surface area contributed by atoms with E-state index in [4.69, 9.17) is 9.47 Å². The van der Waals surface area contributed by atoms with Crippen LogP contribution in [0.5, 0.6) is 11.5 Å². The van der Waals surface area contributed by atoms with E-state index in [9.17, 15) is 4.79 Å². The summed E-state index contributed by atoms with van der Waals surface area (Å²) in [5.74, 6) is 1.05. The molecular formula is C14H19NO3. The molecule has 0 radical (unpaired) electrons. The number of rotatable bonds is 6. The zero-order chi connectivity index (χ0) is 13.5. The Labute approximate surface area is 108 Å². The zero-order valence-corrected chi connectivity index (χ0v) is 11.2. The molecule has 0 saturated heterocycles. The molecule has 0 aliphatic rings. The molecule has 0 saturated carbocycles. The summed E-state index contributed by atoms with van der Waals surface area (Å²) in [6, 6.07) is 3.69. The van der Waals surface area contributed by atoms with E-state index >= 15 is 0 Å². The smallest absolute Gasteiger partial charge is 0.157 e. The maximum atomic E-state index is 11.1. The third kappa shape index (κ3) is 2.83. The molecule has 1 rings (SSSR count). The Morgan fingerprint density at radius 2 is 1.83 bits per heavy atom. The molecule has 0 amide bonds. The third-order valence-electron chi connectivity index (χ3n) is 2.73. The molecule has 1 N–H and O–H groups in total. The molecule has 4 nitrogen and oxygen atoms in total. The van der Waals surface area contributed by atoms with Crippen LogP contribution >= 0.6 is 0 Å². The number of allylic oxidation sites excluding steroid dienone is 1. The van der Waals surface area contributed by atoms with Crippen molar-refractivity contribution in [1.29, 1.82) is 0 Å². The summed E-state index contributed by atoms with van der Waals surface area (Å²) in [5.41, 5.74) is 2.53. The van der Waals surface area contributed by atoms with Crippen LogP contribution < -0.4 is 14.8 Å². The van der Waals surface area contributed by atoms with Gasteiger partial charge in [-0.15, -0.1) is 0 Å². The van der Waals surface area contributed by atoms with Crippen molar-refractivity contribution in [2.24, 2.45) is 0 Å². The molecule has 0 aromatic heterocycles. The number of ether oxygens (including phenoxy) is 2. The van der Waals surface area contributed by atoms with Gasteiger partial charge in [0.1, 0.15) is 11.5 Å². The fourth-order valence-electron chi connectivity index (χ4n) is 1.80. The highest BCUT2D eigenvalue weighted by molar-refractivity contribution is 5.86. The van der Waals surface area contributed by atoms with Crippen LogP contribution in [0.2, 0.25) is 0 Å². The number of methoxy groups -OCH3 is 2. The predicted octanol–water partition coefficient (Wildman–Crippen LogP) is 2.49. The van der Waals surface area contributed by atoms with Gasteiger partial charge in [-0.2, -0.15) is 0 Å². The van der Waals surface area contributed by atoms with Gasteiger partial charge in [-0.25, -0.2) is 0 Å². The summed E-state index contributed by atoms with van der Waals surface area (Å²) < 4.78 is 10.5. The molecule has 4 heteroatoms. The normalized spacial score (nSPS) is 11.0. The Morgan fingerprint density at radius 3 is 2.17 bits per heavy atom. The van der Waals surface area contributed by atoms with Gasteiger partial charge in [0, 0.05) is 7.05 Å². The maximum Gasteiger partial charge on any atom is 0.157 e. The van der Waals surface area contributed by atoms with E-state index in [1.165, 1.54) is 0 Å². The van der Waals surface area contributed by atoms with Crippen molar-refractivity contribution in [2.45, 2.75) is 13.3 Å². The SMILES string of the molecule is CC/C(=C\NC)c1cc(OC)c(C=O)c(OC)c1. The van der Waals surface area contributed by atoms with E-state index in [1.54, 1.807) is 14.2 Å². The summed E-state index contributed by atoms with van der Waals surface area (Å²) in [6.07, 6.45) is 3.54. The highest BCUT2D eigenvalue weighted by Crippen LogP contribution is 2.32. The third-order valence-corrected chi connectivity index (χ3v) is 2.73. The van der Waals surface area contributed by atoms with Crippen LogP contribution in [-0.2, 0) is 0 Å². The Balaban J connectivity index is 3.39. The first kappa shape index (κ1) is 14.1. The number of benzene rings is 1. The van der Waals surface area contributed by atoms with Gasteiger partial charge in [0.2, 0.25) is 0 Å².